The summed E-state index contributed by atoms with van der Waals surface area (Å²) in [5.41, 5.74) is 1.31. The van der Waals surface area contributed by atoms with Crippen LogP contribution >= 0.6 is 11.6 Å². The molecule has 0 amide bonds. The van der Waals surface area contributed by atoms with Crippen molar-refractivity contribution in [2.45, 2.75) is 11.8 Å². The molecule has 88 valence electrons. The van der Waals surface area contributed by atoms with E-state index in [1.54, 1.807) is 6.26 Å². The van der Waals surface area contributed by atoms with Crippen LogP contribution in [0.2, 0.25) is 5.02 Å². The van der Waals surface area contributed by atoms with Gasteiger partial charge >= 0.3 is 0 Å². The lowest BCUT2D eigenvalue weighted by Gasteiger charge is -2.43. The molecule has 0 atom stereocenters. The first kappa shape index (κ1) is 10.9. The zero-order valence-corrected chi connectivity index (χ0v) is 10.2. The van der Waals surface area contributed by atoms with Crippen molar-refractivity contribution in [3.63, 3.8) is 0 Å². The van der Waals surface area contributed by atoms with E-state index in [9.17, 15) is 0 Å². The molecule has 0 saturated carbocycles. The van der Waals surface area contributed by atoms with Gasteiger partial charge in [0.15, 0.2) is 0 Å². The summed E-state index contributed by atoms with van der Waals surface area (Å²) in [6, 6.07) is 12.0. The molecule has 1 saturated heterocycles. The van der Waals surface area contributed by atoms with Crippen LogP contribution in [0.5, 0.6) is 0 Å². The molecular weight excluding hydrogens is 234 g/mol. The van der Waals surface area contributed by atoms with Crippen molar-refractivity contribution in [1.29, 1.82) is 0 Å². The van der Waals surface area contributed by atoms with Gasteiger partial charge in [0.2, 0.25) is 0 Å². The van der Waals surface area contributed by atoms with Gasteiger partial charge in [-0.05, 0) is 23.8 Å². The highest BCUT2D eigenvalue weighted by Crippen LogP contribution is 2.36. The third kappa shape index (κ3) is 1.88. The summed E-state index contributed by atoms with van der Waals surface area (Å²) in [5, 5.41) is 4.19. The maximum Gasteiger partial charge on any atom is 0.104 e. The fraction of sp³-hybridized carbons (Fsp3) is 0.286. The summed E-state index contributed by atoms with van der Waals surface area (Å²) in [5.74, 6) is 1.02. The Balaban J connectivity index is 1.95. The molecule has 2 aromatic rings. The van der Waals surface area contributed by atoms with E-state index >= 15 is 0 Å². The molecule has 1 N–H and O–H groups in total. The number of rotatable bonds is 3. The normalized spacial score (nSPS) is 17.7. The van der Waals surface area contributed by atoms with Crippen molar-refractivity contribution >= 4 is 11.6 Å². The molecule has 3 rings (SSSR count). The number of benzene rings is 1. The molecule has 1 aromatic heterocycles. The molecule has 1 fully saturated rings. The molecular formula is C14H14ClNO. The number of halogens is 1. The smallest absolute Gasteiger partial charge is 0.104 e. The second kappa shape index (κ2) is 4.21. The van der Waals surface area contributed by atoms with Crippen LogP contribution in [0.4, 0.5) is 0 Å². The van der Waals surface area contributed by atoms with Crippen LogP contribution in [0.25, 0.3) is 0 Å². The maximum absolute atomic E-state index is 6.30. The summed E-state index contributed by atoms with van der Waals surface area (Å²) < 4.78 is 5.46. The minimum absolute atomic E-state index is 0.0934. The van der Waals surface area contributed by atoms with E-state index < -0.39 is 0 Å². The van der Waals surface area contributed by atoms with E-state index in [4.69, 9.17) is 16.0 Å². The third-order valence-corrected chi connectivity index (χ3v) is 3.79. The van der Waals surface area contributed by atoms with Gasteiger partial charge in [-0.3, -0.25) is 0 Å². The van der Waals surface area contributed by atoms with Gasteiger partial charge < -0.3 is 9.73 Å². The second-order valence-corrected chi connectivity index (χ2v) is 5.03. The number of furan rings is 1. The molecule has 0 aliphatic carbocycles. The van der Waals surface area contributed by atoms with Gasteiger partial charge in [0.1, 0.15) is 5.76 Å². The highest BCUT2D eigenvalue weighted by atomic mass is 35.5. The van der Waals surface area contributed by atoms with Crippen LogP contribution in [0.15, 0.2) is 47.1 Å². The molecule has 1 aliphatic rings. The average molecular weight is 248 g/mol. The van der Waals surface area contributed by atoms with Gasteiger partial charge in [-0.1, -0.05) is 29.8 Å². The van der Waals surface area contributed by atoms with E-state index in [0.717, 1.165) is 30.3 Å². The highest BCUT2D eigenvalue weighted by Gasteiger charge is 2.40. The molecule has 1 aliphatic heterocycles. The Kier molecular flexibility index (Phi) is 2.69. The molecule has 17 heavy (non-hydrogen) atoms. The van der Waals surface area contributed by atoms with Crippen molar-refractivity contribution < 1.29 is 4.42 Å². The molecule has 2 heterocycles. The van der Waals surface area contributed by atoms with E-state index in [-0.39, 0.29) is 5.41 Å². The van der Waals surface area contributed by atoms with E-state index in [0.29, 0.717) is 0 Å². The quantitative estimate of drug-likeness (QED) is 0.902. The van der Waals surface area contributed by atoms with Gasteiger partial charge in [-0.15, -0.1) is 0 Å². The van der Waals surface area contributed by atoms with E-state index in [1.165, 1.54) is 5.56 Å². The van der Waals surface area contributed by atoms with Crippen molar-refractivity contribution in [2.24, 2.45) is 0 Å². The lowest BCUT2D eigenvalue weighted by Crippen LogP contribution is -2.58. The predicted molar refractivity (Wildman–Crippen MR) is 68.4 cm³/mol. The van der Waals surface area contributed by atoms with Gasteiger partial charge in [-0.2, -0.15) is 0 Å². The monoisotopic (exact) mass is 247 g/mol. The molecule has 3 heteroatoms. The van der Waals surface area contributed by atoms with Crippen LogP contribution in [0.3, 0.4) is 0 Å². The molecule has 0 spiro atoms. The largest absolute Gasteiger partial charge is 0.469 e. The third-order valence-electron chi connectivity index (χ3n) is 3.46. The molecule has 0 unspecified atom stereocenters. The lowest BCUT2D eigenvalue weighted by atomic mass is 9.72. The summed E-state index contributed by atoms with van der Waals surface area (Å²) >= 11 is 6.30. The first-order valence-electron chi connectivity index (χ1n) is 5.78. The summed E-state index contributed by atoms with van der Waals surface area (Å²) in [6.45, 7) is 1.91. The van der Waals surface area contributed by atoms with Crippen LogP contribution < -0.4 is 5.32 Å². The Morgan fingerprint density at radius 1 is 1.18 bits per heavy atom. The van der Waals surface area contributed by atoms with Crippen LogP contribution in [-0.2, 0) is 11.8 Å². The van der Waals surface area contributed by atoms with E-state index in [2.05, 4.69) is 11.4 Å². The Bertz CT molecular complexity index is 503. The number of nitrogens with one attached hydrogen (secondary N) is 1. The molecule has 0 bridgehead atoms. The Hall–Kier alpha value is -1.25. The van der Waals surface area contributed by atoms with Gasteiger partial charge in [0.25, 0.3) is 0 Å². The highest BCUT2D eigenvalue weighted by molar-refractivity contribution is 6.31. The van der Waals surface area contributed by atoms with Crippen LogP contribution in [0.1, 0.15) is 11.3 Å². The minimum Gasteiger partial charge on any atom is -0.469 e. The Labute approximate surface area is 106 Å². The summed E-state index contributed by atoms with van der Waals surface area (Å²) in [6.07, 6.45) is 2.62. The summed E-state index contributed by atoms with van der Waals surface area (Å²) in [4.78, 5) is 0. The average Bonchev–Trinajstić information content (AvgIpc) is 2.77. The zero-order valence-electron chi connectivity index (χ0n) is 9.45. The molecule has 0 radical (unpaired) electrons. The first-order chi connectivity index (χ1) is 8.30. The molecule has 2 nitrogen and oxygen atoms in total. The standard InChI is InChI=1S/C14H14ClNO/c15-13-6-2-1-5-12(13)14(9-16-10-14)8-11-4-3-7-17-11/h1-7,16H,8-10H2. The van der Waals surface area contributed by atoms with Gasteiger partial charge in [0.05, 0.1) is 6.26 Å². The lowest BCUT2D eigenvalue weighted by molar-refractivity contribution is 0.258. The summed E-state index contributed by atoms with van der Waals surface area (Å²) in [7, 11) is 0. The Morgan fingerprint density at radius 3 is 2.59 bits per heavy atom. The molecule has 1 aromatic carbocycles. The SMILES string of the molecule is Clc1ccccc1C1(Cc2ccco2)CNC1. The predicted octanol–water partition coefficient (Wildman–Crippen LogP) is 3.02. The van der Waals surface area contributed by atoms with Gasteiger partial charge in [0, 0.05) is 29.9 Å². The topological polar surface area (TPSA) is 25.2 Å². The van der Waals surface area contributed by atoms with Crippen molar-refractivity contribution in [3.8, 4) is 0 Å². The van der Waals surface area contributed by atoms with Crippen LogP contribution in [0, 0.1) is 0 Å². The maximum atomic E-state index is 6.30. The number of hydrogen-bond donors (Lipinski definition) is 1. The second-order valence-electron chi connectivity index (χ2n) is 4.62. The Morgan fingerprint density at radius 2 is 2.00 bits per heavy atom. The van der Waals surface area contributed by atoms with Crippen molar-refractivity contribution in [3.05, 3.63) is 59.0 Å². The first-order valence-corrected chi connectivity index (χ1v) is 6.16. The van der Waals surface area contributed by atoms with Crippen molar-refractivity contribution in [2.75, 3.05) is 13.1 Å². The number of hydrogen-bond acceptors (Lipinski definition) is 2. The van der Waals surface area contributed by atoms with Gasteiger partial charge in [-0.25, -0.2) is 0 Å². The zero-order chi connectivity index (χ0) is 11.7. The van der Waals surface area contributed by atoms with Crippen LogP contribution in [-0.4, -0.2) is 13.1 Å². The van der Waals surface area contributed by atoms with E-state index in [1.807, 2.05) is 30.3 Å². The van der Waals surface area contributed by atoms with Crippen molar-refractivity contribution in [1.82, 2.24) is 5.32 Å². The fourth-order valence-electron chi connectivity index (χ4n) is 2.48. The minimum atomic E-state index is 0.0934. The fourth-order valence-corrected chi connectivity index (χ4v) is 2.81.